The van der Waals surface area contributed by atoms with Crippen LogP contribution in [-0.4, -0.2) is 32.5 Å². The molecule has 17 heavy (non-hydrogen) atoms. The van der Waals surface area contributed by atoms with Crippen molar-refractivity contribution in [3.8, 4) is 0 Å². The van der Waals surface area contributed by atoms with E-state index in [-0.39, 0.29) is 12.2 Å². The number of hydrogen-bond acceptors (Lipinski definition) is 3. The zero-order valence-corrected chi connectivity index (χ0v) is 12.5. The van der Waals surface area contributed by atoms with Gasteiger partial charge in [-0.2, -0.15) is 0 Å². The Kier molecular flexibility index (Phi) is 5.97. The molecule has 0 aromatic carbocycles. The van der Waals surface area contributed by atoms with Crippen molar-refractivity contribution in [1.82, 2.24) is 5.32 Å². The van der Waals surface area contributed by atoms with Crippen LogP contribution in [0.1, 0.15) is 19.8 Å². The second kappa shape index (κ2) is 7.00. The number of carbonyl (C=O) groups is 1. The van der Waals surface area contributed by atoms with Crippen molar-refractivity contribution >= 4 is 28.7 Å². The van der Waals surface area contributed by atoms with Crippen molar-refractivity contribution in [2.75, 3.05) is 14.2 Å². The van der Waals surface area contributed by atoms with Crippen molar-refractivity contribution in [2.24, 2.45) is 0 Å². The predicted octanol–water partition coefficient (Wildman–Crippen LogP) is 2.79. The van der Waals surface area contributed by atoms with E-state index >= 15 is 0 Å². The van der Waals surface area contributed by atoms with E-state index in [2.05, 4.69) is 40.1 Å². The van der Waals surface area contributed by atoms with Crippen LogP contribution in [0.25, 0.3) is 0 Å². The molecule has 2 atom stereocenters. The molecule has 0 heterocycles. The van der Waals surface area contributed by atoms with Gasteiger partial charge in [0.15, 0.2) is 0 Å². The summed E-state index contributed by atoms with van der Waals surface area (Å²) in [5.74, 6) is 0. The molecule has 1 N–H and O–H groups in total. The van der Waals surface area contributed by atoms with Crippen molar-refractivity contribution in [1.29, 1.82) is 0 Å². The molecule has 0 unspecified atom stereocenters. The Balaban J connectivity index is 2.77. The maximum Gasteiger partial charge on any atom is 0.407 e. The molecular formula is C12H18INO3. The average Bonchev–Trinajstić information content (AvgIpc) is 2.32. The van der Waals surface area contributed by atoms with Crippen LogP contribution in [0.3, 0.4) is 0 Å². The van der Waals surface area contributed by atoms with Crippen LogP contribution in [0.4, 0.5) is 4.79 Å². The van der Waals surface area contributed by atoms with Crippen LogP contribution in [0.2, 0.25) is 0 Å². The smallest absolute Gasteiger partial charge is 0.407 e. The number of nitrogens with one attached hydrogen (secondary N) is 1. The minimum atomic E-state index is -0.435. The molecule has 0 saturated heterocycles. The number of carbonyl (C=O) groups excluding carboxylic acids is 1. The quantitative estimate of drug-likeness (QED) is 0.793. The molecule has 0 aromatic rings. The number of halogens is 1. The van der Waals surface area contributed by atoms with E-state index in [0.29, 0.717) is 0 Å². The summed E-state index contributed by atoms with van der Waals surface area (Å²) in [7, 11) is 3.17. The summed E-state index contributed by atoms with van der Waals surface area (Å²) in [5.41, 5.74) is 1.11. The average molecular weight is 351 g/mol. The largest absolute Gasteiger partial charge is 0.443 e. The Hall–Kier alpha value is -0.560. The molecule has 0 radical (unpaired) electrons. The van der Waals surface area contributed by atoms with Gasteiger partial charge >= 0.3 is 6.09 Å². The Morgan fingerprint density at radius 1 is 1.59 bits per heavy atom. The molecule has 0 saturated carbocycles. The van der Waals surface area contributed by atoms with Gasteiger partial charge in [0.2, 0.25) is 0 Å². The third kappa shape index (κ3) is 3.99. The third-order valence-corrected chi connectivity index (χ3v) is 3.79. The van der Waals surface area contributed by atoms with E-state index in [1.165, 1.54) is 3.58 Å². The Morgan fingerprint density at radius 2 is 2.29 bits per heavy atom. The minimum Gasteiger partial charge on any atom is -0.443 e. The fourth-order valence-corrected chi connectivity index (χ4v) is 2.56. The summed E-state index contributed by atoms with van der Waals surface area (Å²) >= 11 is 2.33. The van der Waals surface area contributed by atoms with Crippen molar-refractivity contribution < 1.29 is 14.3 Å². The normalized spacial score (nSPS) is 18.8. The number of alkyl carbamates (subject to hydrolysis) is 1. The van der Waals surface area contributed by atoms with E-state index in [0.717, 1.165) is 18.4 Å². The fraction of sp³-hybridized carbons (Fsp3) is 0.583. The number of allylic oxidation sites excluding steroid dienone is 2. The van der Waals surface area contributed by atoms with E-state index in [9.17, 15) is 4.79 Å². The Labute approximate surface area is 116 Å². The highest BCUT2D eigenvalue weighted by Gasteiger charge is 2.25. The summed E-state index contributed by atoms with van der Waals surface area (Å²) in [5, 5.41) is 2.44. The van der Waals surface area contributed by atoms with Gasteiger partial charge in [-0.1, -0.05) is 12.2 Å². The van der Waals surface area contributed by atoms with E-state index < -0.39 is 6.09 Å². The van der Waals surface area contributed by atoms with Gasteiger partial charge in [0.05, 0.1) is 0 Å². The molecule has 1 amide bonds. The summed E-state index contributed by atoms with van der Waals surface area (Å²) in [6.07, 6.45) is 5.30. The van der Waals surface area contributed by atoms with Gasteiger partial charge in [-0.05, 0) is 51.5 Å². The van der Waals surface area contributed by atoms with Crippen LogP contribution in [0.15, 0.2) is 21.3 Å². The minimum absolute atomic E-state index is 0.212. The van der Waals surface area contributed by atoms with Crippen LogP contribution in [-0.2, 0) is 9.47 Å². The van der Waals surface area contributed by atoms with Gasteiger partial charge in [0, 0.05) is 14.2 Å². The maximum atomic E-state index is 11.2. The first kappa shape index (κ1) is 14.5. The third-order valence-electron chi connectivity index (χ3n) is 2.62. The first-order valence-electron chi connectivity index (χ1n) is 5.56. The summed E-state index contributed by atoms with van der Waals surface area (Å²) < 4.78 is 11.9. The van der Waals surface area contributed by atoms with Gasteiger partial charge in [-0.15, -0.1) is 0 Å². The molecule has 0 fully saturated rings. The van der Waals surface area contributed by atoms with Crippen molar-refractivity contribution in [3.05, 3.63) is 21.3 Å². The number of amides is 1. The first-order valence-corrected chi connectivity index (χ1v) is 6.64. The van der Waals surface area contributed by atoms with E-state index in [4.69, 9.17) is 9.47 Å². The zero-order chi connectivity index (χ0) is 12.8. The van der Waals surface area contributed by atoms with E-state index in [1.807, 2.05) is 6.92 Å². The van der Waals surface area contributed by atoms with Crippen molar-refractivity contribution in [3.63, 3.8) is 0 Å². The standard InChI is InChI=1S/C12H18INO3/c1-8(17-12(15)14-2)11(16-3)9-6-4-5-7-10(9)13/h4,6,8,11H,5,7H2,1-3H3,(H,14,15)/t8-,11+/m0/s1. The Bertz CT molecular complexity index is 339. The predicted molar refractivity (Wildman–Crippen MR) is 75.2 cm³/mol. The highest BCUT2D eigenvalue weighted by Crippen LogP contribution is 2.29. The monoisotopic (exact) mass is 351 g/mol. The molecule has 1 aliphatic carbocycles. The molecular weight excluding hydrogens is 333 g/mol. The van der Waals surface area contributed by atoms with Gasteiger partial charge in [-0.3, -0.25) is 0 Å². The van der Waals surface area contributed by atoms with Crippen LogP contribution < -0.4 is 5.32 Å². The second-order valence-corrected chi connectivity index (χ2v) is 5.12. The summed E-state index contributed by atoms with van der Waals surface area (Å²) in [4.78, 5) is 11.2. The van der Waals surface area contributed by atoms with E-state index in [1.54, 1.807) is 14.2 Å². The van der Waals surface area contributed by atoms with Gasteiger partial charge in [0.25, 0.3) is 0 Å². The number of rotatable bonds is 4. The summed E-state index contributed by atoms with van der Waals surface area (Å²) in [6, 6.07) is 0. The number of methoxy groups -OCH3 is 1. The molecule has 0 aromatic heterocycles. The zero-order valence-electron chi connectivity index (χ0n) is 10.3. The Morgan fingerprint density at radius 3 is 2.82 bits per heavy atom. The summed E-state index contributed by atoms with van der Waals surface area (Å²) in [6.45, 7) is 1.84. The lowest BCUT2D eigenvalue weighted by atomic mass is 9.99. The molecule has 0 bridgehead atoms. The van der Waals surface area contributed by atoms with Gasteiger partial charge in [-0.25, -0.2) is 4.79 Å². The van der Waals surface area contributed by atoms with Crippen LogP contribution in [0.5, 0.6) is 0 Å². The first-order chi connectivity index (χ1) is 8.10. The molecule has 96 valence electrons. The van der Waals surface area contributed by atoms with Crippen LogP contribution in [0, 0.1) is 0 Å². The lowest BCUT2D eigenvalue weighted by Crippen LogP contribution is -2.35. The topological polar surface area (TPSA) is 47.6 Å². The van der Waals surface area contributed by atoms with Crippen LogP contribution >= 0.6 is 22.6 Å². The lowest BCUT2D eigenvalue weighted by molar-refractivity contribution is 0.00782. The number of ether oxygens (including phenoxy) is 2. The second-order valence-electron chi connectivity index (χ2n) is 3.82. The molecule has 1 rings (SSSR count). The lowest BCUT2D eigenvalue weighted by Gasteiger charge is -2.26. The van der Waals surface area contributed by atoms with Gasteiger partial charge in [0.1, 0.15) is 12.2 Å². The molecule has 0 aliphatic heterocycles. The molecule has 1 aliphatic rings. The number of hydrogen-bond donors (Lipinski definition) is 1. The molecule has 5 heteroatoms. The molecule has 4 nitrogen and oxygen atoms in total. The highest BCUT2D eigenvalue weighted by atomic mass is 127. The van der Waals surface area contributed by atoms with Crippen molar-refractivity contribution in [2.45, 2.75) is 32.0 Å². The fourth-order valence-electron chi connectivity index (χ4n) is 1.77. The highest BCUT2D eigenvalue weighted by molar-refractivity contribution is 14.1. The molecule has 0 spiro atoms. The maximum absolute atomic E-state index is 11.2. The SMILES string of the molecule is CNC(=O)O[C@@H](C)[C@@H](OC)C1=C(I)CCC=C1. The van der Waals surface area contributed by atoms with Gasteiger partial charge < -0.3 is 14.8 Å².